The van der Waals surface area contributed by atoms with Crippen LogP contribution in [-0.4, -0.2) is 29.6 Å². The Balaban J connectivity index is 2.23. The van der Waals surface area contributed by atoms with Gasteiger partial charge in [-0.25, -0.2) is 4.98 Å². The van der Waals surface area contributed by atoms with Crippen LogP contribution >= 0.6 is 11.6 Å². The van der Waals surface area contributed by atoms with E-state index in [1.807, 2.05) is 45.0 Å². The summed E-state index contributed by atoms with van der Waals surface area (Å²) in [6.45, 7) is 6.84. The Morgan fingerprint density at radius 1 is 1.33 bits per heavy atom. The van der Waals surface area contributed by atoms with Gasteiger partial charge in [0, 0.05) is 24.7 Å². The molecule has 2 aromatic rings. The number of nitrogens with zero attached hydrogens (tertiary/aromatic N) is 1. The van der Waals surface area contributed by atoms with Crippen LogP contribution in [0.1, 0.15) is 31.1 Å². The van der Waals surface area contributed by atoms with Crippen LogP contribution in [0.4, 0.5) is 0 Å². The number of pyridine rings is 1. The molecule has 0 bridgehead atoms. The van der Waals surface area contributed by atoms with Crippen molar-refractivity contribution in [1.82, 2.24) is 10.3 Å². The lowest BCUT2D eigenvalue weighted by Gasteiger charge is -2.25. The summed E-state index contributed by atoms with van der Waals surface area (Å²) >= 11 is 6.06. The molecule has 0 saturated heterocycles. The Kier molecular flexibility index (Phi) is 4.80. The van der Waals surface area contributed by atoms with E-state index in [2.05, 4.69) is 10.3 Å². The van der Waals surface area contributed by atoms with E-state index >= 15 is 0 Å². The quantitative estimate of drug-likeness (QED) is 0.861. The monoisotopic (exact) mass is 306 g/mol. The molecule has 1 heterocycles. The number of amides is 1. The van der Waals surface area contributed by atoms with E-state index in [9.17, 15) is 4.79 Å². The third kappa shape index (κ3) is 3.71. The Bertz CT molecular complexity index is 656. The van der Waals surface area contributed by atoms with Crippen LogP contribution in [0.5, 0.6) is 0 Å². The number of benzene rings is 1. The summed E-state index contributed by atoms with van der Waals surface area (Å²) < 4.78 is 5.57. The van der Waals surface area contributed by atoms with Crippen molar-refractivity contribution in [2.45, 2.75) is 26.4 Å². The van der Waals surface area contributed by atoms with Gasteiger partial charge < -0.3 is 10.1 Å². The highest BCUT2D eigenvalue weighted by atomic mass is 35.5. The van der Waals surface area contributed by atoms with Crippen molar-refractivity contribution in [3.8, 4) is 0 Å². The summed E-state index contributed by atoms with van der Waals surface area (Å²) in [7, 11) is 0. The first-order chi connectivity index (χ1) is 9.94. The maximum Gasteiger partial charge on any atom is 0.253 e. The van der Waals surface area contributed by atoms with Crippen molar-refractivity contribution in [2.24, 2.45) is 0 Å². The van der Waals surface area contributed by atoms with E-state index in [0.29, 0.717) is 23.9 Å². The van der Waals surface area contributed by atoms with E-state index in [4.69, 9.17) is 16.3 Å². The first-order valence-electron chi connectivity index (χ1n) is 6.90. The number of aromatic nitrogens is 1. The molecule has 0 fully saturated rings. The SMILES string of the molecule is CCOC(C)(C)CNC(=O)c1cnc(Cl)c2ccccc12. The van der Waals surface area contributed by atoms with Gasteiger partial charge in [0.15, 0.2) is 0 Å². The molecule has 5 heteroatoms. The first-order valence-corrected chi connectivity index (χ1v) is 7.28. The second kappa shape index (κ2) is 6.41. The number of halogens is 1. The van der Waals surface area contributed by atoms with Gasteiger partial charge in [0.25, 0.3) is 5.91 Å². The van der Waals surface area contributed by atoms with Gasteiger partial charge in [0.2, 0.25) is 0 Å². The highest BCUT2D eigenvalue weighted by Gasteiger charge is 2.20. The number of nitrogens with one attached hydrogen (secondary N) is 1. The number of hydrogen-bond donors (Lipinski definition) is 1. The smallest absolute Gasteiger partial charge is 0.253 e. The van der Waals surface area contributed by atoms with E-state index in [1.165, 1.54) is 6.20 Å². The Hall–Kier alpha value is -1.65. The minimum Gasteiger partial charge on any atom is -0.374 e. The third-order valence-corrected chi connectivity index (χ3v) is 3.50. The fourth-order valence-electron chi connectivity index (χ4n) is 2.17. The maximum atomic E-state index is 12.4. The fourth-order valence-corrected chi connectivity index (χ4v) is 2.38. The summed E-state index contributed by atoms with van der Waals surface area (Å²) in [6, 6.07) is 7.46. The minimum atomic E-state index is -0.403. The van der Waals surface area contributed by atoms with Gasteiger partial charge >= 0.3 is 0 Å². The van der Waals surface area contributed by atoms with Gasteiger partial charge in [-0.05, 0) is 26.2 Å². The molecule has 1 amide bonds. The van der Waals surface area contributed by atoms with Gasteiger partial charge in [-0.15, -0.1) is 0 Å². The van der Waals surface area contributed by atoms with Crippen LogP contribution in [-0.2, 0) is 4.74 Å². The highest BCUT2D eigenvalue weighted by molar-refractivity contribution is 6.34. The summed E-state index contributed by atoms with van der Waals surface area (Å²) in [5.41, 5.74) is 0.113. The molecule has 112 valence electrons. The molecule has 0 spiro atoms. The average Bonchev–Trinajstić information content (AvgIpc) is 2.46. The lowest BCUT2D eigenvalue weighted by Crippen LogP contribution is -2.40. The standard InChI is InChI=1S/C16H19ClN2O2/c1-4-21-16(2,3)10-19-15(20)13-9-18-14(17)12-8-6-5-7-11(12)13/h5-9H,4,10H2,1-3H3,(H,19,20). The number of fused-ring (bicyclic) bond motifs is 1. The normalized spacial score (nSPS) is 11.6. The van der Waals surface area contributed by atoms with Crippen LogP contribution in [0.3, 0.4) is 0 Å². The van der Waals surface area contributed by atoms with Crippen molar-refractivity contribution in [3.05, 3.63) is 41.2 Å². The van der Waals surface area contributed by atoms with Crippen LogP contribution in [0.25, 0.3) is 10.8 Å². The van der Waals surface area contributed by atoms with Crippen LogP contribution in [0.2, 0.25) is 5.15 Å². The molecule has 0 unspecified atom stereocenters. The molecule has 2 rings (SSSR count). The molecule has 0 saturated carbocycles. The van der Waals surface area contributed by atoms with Crippen LogP contribution < -0.4 is 5.32 Å². The van der Waals surface area contributed by atoms with E-state index in [1.54, 1.807) is 0 Å². The molecule has 0 radical (unpaired) electrons. The minimum absolute atomic E-state index is 0.178. The molecule has 0 aliphatic heterocycles. The molecule has 0 aliphatic rings. The van der Waals surface area contributed by atoms with Crippen molar-refractivity contribution >= 4 is 28.3 Å². The van der Waals surface area contributed by atoms with Crippen molar-refractivity contribution in [2.75, 3.05) is 13.2 Å². The summed E-state index contributed by atoms with van der Waals surface area (Å²) in [5, 5.41) is 4.86. The summed E-state index contributed by atoms with van der Waals surface area (Å²) in [6.07, 6.45) is 1.51. The van der Waals surface area contributed by atoms with Crippen molar-refractivity contribution < 1.29 is 9.53 Å². The molecule has 1 aromatic carbocycles. The summed E-state index contributed by atoms with van der Waals surface area (Å²) in [4.78, 5) is 16.5. The highest BCUT2D eigenvalue weighted by Crippen LogP contribution is 2.24. The zero-order valence-electron chi connectivity index (χ0n) is 12.4. The van der Waals surface area contributed by atoms with Gasteiger partial charge in [0.1, 0.15) is 5.15 Å². The second-order valence-corrected chi connectivity index (χ2v) is 5.74. The predicted octanol–water partition coefficient (Wildman–Crippen LogP) is 3.43. The molecular formula is C16H19ClN2O2. The Morgan fingerprint density at radius 2 is 2.00 bits per heavy atom. The zero-order valence-corrected chi connectivity index (χ0v) is 13.2. The number of rotatable bonds is 5. The lowest BCUT2D eigenvalue weighted by atomic mass is 10.1. The van der Waals surface area contributed by atoms with Crippen LogP contribution in [0, 0.1) is 0 Å². The number of carbonyl (C=O) groups excluding carboxylic acids is 1. The van der Waals surface area contributed by atoms with E-state index in [-0.39, 0.29) is 5.91 Å². The third-order valence-electron chi connectivity index (χ3n) is 3.20. The largest absolute Gasteiger partial charge is 0.374 e. The van der Waals surface area contributed by atoms with E-state index in [0.717, 1.165) is 10.8 Å². The van der Waals surface area contributed by atoms with Gasteiger partial charge in [0.05, 0.1) is 11.2 Å². The number of carbonyl (C=O) groups is 1. The number of hydrogen-bond acceptors (Lipinski definition) is 3. The second-order valence-electron chi connectivity index (χ2n) is 5.38. The molecular weight excluding hydrogens is 288 g/mol. The fraction of sp³-hybridized carbons (Fsp3) is 0.375. The molecule has 21 heavy (non-hydrogen) atoms. The lowest BCUT2D eigenvalue weighted by molar-refractivity contribution is -0.00814. The van der Waals surface area contributed by atoms with Crippen molar-refractivity contribution in [1.29, 1.82) is 0 Å². The molecule has 4 nitrogen and oxygen atoms in total. The summed E-state index contributed by atoms with van der Waals surface area (Å²) in [5.74, 6) is -0.178. The zero-order chi connectivity index (χ0) is 15.5. The number of ether oxygens (including phenoxy) is 1. The topological polar surface area (TPSA) is 51.2 Å². The van der Waals surface area contributed by atoms with Gasteiger partial charge in [-0.2, -0.15) is 0 Å². The Labute approximate surface area is 129 Å². The predicted molar refractivity (Wildman–Crippen MR) is 84.8 cm³/mol. The maximum absolute atomic E-state index is 12.4. The average molecular weight is 307 g/mol. The van der Waals surface area contributed by atoms with E-state index < -0.39 is 5.60 Å². The molecule has 1 N–H and O–H groups in total. The molecule has 0 aliphatic carbocycles. The van der Waals surface area contributed by atoms with Gasteiger partial charge in [-0.3, -0.25) is 4.79 Å². The van der Waals surface area contributed by atoms with Crippen molar-refractivity contribution in [3.63, 3.8) is 0 Å². The van der Waals surface area contributed by atoms with Gasteiger partial charge in [-0.1, -0.05) is 35.9 Å². The first kappa shape index (κ1) is 15.7. The molecule has 1 aromatic heterocycles. The Morgan fingerprint density at radius 3 is 2.67 bits per heavy atom. The molecule has 0 atom stereocenters. The van der Waals surface area contributed by atoms with Crippen LogP contribution in [0.15, 0.2) is 30.5 Å².